The van der Waals surface area contributed by atoms with Gasteiger partial charge in [-0.25, -0.2) is 4.98 Å². The first-order valence-electron chi connectivity index (χ1n) is 6.85. The van der Waals surface area contributed by atoms with Crippen molar-refractivity contribution >= 4 is 23.6 Å². The van der Waals surface area contributed by atoms with Crippen LogP contribution >= 0.6 is 11.6 Å². The molecule has 1 aromatic carbocycles. The van der Waals surface area contributed by atoms with Crippen molar-refractivity contribution in [2.24, 2.45) is 5.10 Å². The molecule has 0 spiro atoms. The molecule has 0 amide bonds. The summed E-state index contributed by atoms with van der Waals surface area (Å²) in [6.45, 7) is 0.969. The molecular formula is C15H11ClF3N3O2. The van der Waals surface area contributed by atoms with Crippen LogP contribution in [0.15, 0.2) is 35.6 Å². The van der Waals surface area contributed by atoms with Crippen LogP contribution in [0.5, 0.6) is 11.5 Å². The molecule has 0 saturated heterocycles. The fraction of sp³-hybridized carbons (Fsp3) is 0.200. The van der Waals surface area contributed by atoms with Crippen LogP contribution in [0, 0.1) is 0 Å². The van der Waals surface area contributed by atoms with Gasteiger partial charge in [-0.05, 0) is 29.8 Å². The van der Waals surface area contributed by atoms with Crippen LogP contribution in [-0.4, -0.2) is 24.4 Å². The van der Waals surface area contributed by atoms with E-state index in [2.05, 4.69) is 15.5 Å². The Morgan fingerprint density at radius 2 is 1.92 bits per heavy atom. The third-order valence-electron chi connectivity index (χ3n) is 3.12. The number of nitrogens with zero attached hydrogens (tertiary/aromatic N) is 2. The SMILES string of the molecule is FC(F)(F)c1cnc(N/N=C\c2ccc3c(c2)OCCO3)c(Cl)c1. The zero-order valence-electron chi connectivity index (χ0n) is 12.1. The first kappa shape index (κ1) is 16.4. The summed E-state index contributed by atoms with van der Waals surface area (Å²) < 4.78 is 48.5. The molecule has 1 aliphatic rings. The normalized spacial score (nSPS) is 14.0. The summed E-state index contributed by atoms with van der Waals surface area (Å²) in [5.74, 6) is 1.29. The van der Waals surface area contributed by atoms with Crippen molar-refractivity contribution in [2.45, 2.75) is 6.18 Å². The highest BCUT2D eigenvalue weighted by Gasteiger charge is 2.31. The molecule has 0 radical (unpaired) electrons. The first-order valence-corrected chi connectivity index (χ1v) is 7.23. The molecule has 2 heterocycles. The number of halogens is 4. The van der Waals surface area contributed by atoms with Crippen molar-refractivity contribution in [1.82, 2.24) is 4.98 Å². The van der Waals surface area contributed by atoms with E-state index in [1.807, 2.05) is 0 Å². The molecule has 24 heavy (non-hydrogen) atoms. The number of ether oxygens (including phenoxy) is 2. The van der Waals surface area contributed by atoms with Gasteiger partial charge in [-0.1, -0.05) is 11.6 Å². The molecule has 9 heteroatoms. The van der Waals surface area contributed by atoms with E-state index < -0.39 is 11.7 Å². The average molecular weight is 358 g/mol. The van der Waals surface area contributed by atoms with E-state index in [1.54, 1.807) is 18.2 Å². The van der Waals surface area contributed by atoms with Crippen LogP contribution in [0.25, 0.3) is 0 Å². The maximum absolute atomic E-state index is 12.5. The van der Waals surface area contributed by atoms with E-state index in [9.17, 15) is 13.2 Å². The third kappa shape index (κ3) is 3.70. The van der Waals surface area contributed by atoms with Crippen molar-refractivity contribution in [3.05, 3.63) is 46.6 Å². The Morgan fingerprint density at radius 1 is 1.17 bits per heavy atom. The minimum Gasteiger partial charge on any atom is -0.486 e. The molecule has 0 atom stereocenters. The Hall–Kier alpha value is -2.48. The summed E-state index contributed by atoms with van der Waals surface area (Å²) >= 11 is 5.78. The zero-order valence-corrected chi connectivity index (χ0v) is 12.9. The predicted octanol–water partition coefficient (Wildman–Crippen LogP) is 3.97. The van der Waals surface area contributed by atoms with Gasteiger partial charge in [-0.3, -0.25) is 5.43 Å². The van der Waals surface area contributed by atoms with Crippen LogP contribution in [-0.2, 0) is 6.18 Å². The van der Waals surface area contributed by atoms with Crippen LogP contribution in [0.4, 0.5) is 19.0 Å². The Morgan fingerprint density at radius 3 is 2.62 bits per heavy atom. The van der Waals surface area contributed by atoms with Crippen molar-refractivity contribution < 1.29 is 22.6 Å². The summed E-state index contributed by atoms with van der Waals surface area (Å²) in [6.07, 6.45) is -2.34. The van der Waals surface area contributed by atoms with Crippen LogP contribution in [0.3, 0.4) is 0 Å². The topological polar surface area (TPSA) is 55.7 Å². The minimum absolute atomic E-state index is 0.0264. The smallest absolute Gasteiger partial charge is 0.417 e. The zero-order chi connectivity index (χ0) is 17.2. The monoisotopic (exact) mass is 357 g/mol. The van der Waals surface area contributed by atoms with Crippen LogP contribution in [0.2, 0.25) is 5.02 Å². The second kappa shape index (κ2) is 6.56. The van der Waals surface area contributed by atoms with Gasteiger partial charge >= 0.3 is 6.18 Å². The van der Waals surface area contributed by atoms with E-state index in [1.165, 1.54) is 6.21 Å². The number of nitrogens with one attached hydrogen (secondary N) is 1. The van der Waals surface area contributed by atoms with Gasteiger partial charge in [-0.2, -0.15) is 18.3 Å². The Kier molecular flexibility index (Phi) is 4.48. The Bertz CT molecular complexity index is 781. The number of alkyl halides is 3. The highest BCUT2D eigenvalue weighted by molar-refractivity contribution is 6.32. The van der Waals surface area contributed by atoms with Gasteiger partial charge in [0.25, 0.3) is 0 Å². The molecule has 2 aromatic rings. The van der Waals surface area contributed by atoms with Crippen molar-refractivity contribution in [1.29, 1.82) is 0 Å². The highest BCUT2D eigenvalue weighted by atomic mass is 35.5. The maximum atomic E-state index is 12.5. The fourth-order valence-electron chi connectivity index (χ4n) is 1.98. The summed E-state index contributed by atoms with van der Waals surface area (Å²) in [5.41, 5.74) is 2.30. The lowest BCUT2D eigenvalue weighted by Gasteiger charge is -2.18. The van der Waals surface area contributed by atoms with Gasteiger partial charge in [0, 0.05) is 6.20 Å². The summed E-state index contributed by atoms with van der Waals surface area (Å²) in [4.78, 5) is 3.62. The fourth-order valence-corrected chi connectivity index (χ4v) is 2.19. The van der Waals surface area contributed by atoms with Gasteiger partial charge in [0.1, 0.15) is 13.2 Å². The number of hydrogen-bond donors (Lipinski definition) is 1. The van der Waals surface area contributed by atoms with Gasteiger partial charge < -0.3 is 9.47 Å². The Labute approximate surface area is 140 Å². The van der Waals surface area contributed by atoms with Crippen LogP contribution in [0.1, 0.15) is 11.1 Å². The van der Waals surface area contributed by atoms with Gasteiger partial charge in [0.15, 0.2) is 17.3 Å². The lowest BCUT2D eigenvalue weighted by molar-refractivity contribution is -0.137. The standard InChI is InChI=1S/C15H11ClF3N3O2/c16-11-6-10(15(17,18)19)8-20-14(11)22-21-7-9-1-2-12-13(5-9)24-4-3-23-12/h1-2,5-8H,3-4H2,(H,20,22)/b21-7-. The van der Waals surface area contributed by atoms with Crippen molar-refractivity contribution in [2.75, 3.05) is 18.6 Å². The molecule has 3 rings (SSSR count). The Balaban J connectivity index is 1.70. The number of benzene rings is 1. The van der Waals surface area contributed by atoms with E-state index >= 15 is 0 Å². The third-order valence-corrected chi connectivity index (χ3v) is 3.41. The second-order valence-electron chi connectivity index (χ2n) is 4.83. The second-order valence-corrected chi connectivity index (χ2v) is 5.23. The number of fused-ring (bicyclic) bond motifs is 1. The molecule has 0 saturated carbocycles. The van der Waals surface area contributed by atoms with Crippen molar-refractivity contribution in [3.63, 3.8) is 0 Å². The molecule has 0 unspecified atom stereocenters. The molecule has 1 N–H and O–H groups in total. The number of hydrogen-bond acceptors (Lipinski definition) is 5. The number of aromatic nitrogens is 1. The van der Waals surface area contributed by atoms with Gasteiger partial charge in [-0.15, -0.1) is 0 Å². The summed E-state index contributed by atoms with van der Waals surface area (Å²) in [6, 6.07) is 6.04. The maximum Gasteiger partial charge on any atom is 0.417 e. The van der Waals surface area contributed by atoms with Gasteiger partial charge in [0.05, 0.1) is 16.8 Å². The minimum atomic E-state index is -4.50. The molecule has 126 valence electrons. The number of anilines is 1. The first-order chi connectivity index (χ1) is 11.4. The van der Waals surface area contributed by atoms with E-state index in [0.717, 1.165) is 11.6 Å². The molecule has 0 aliphatic carbocycles. The quantitative estimate of drug-likeness (QED) is 0.667. The summed E-state index contributed by atoms with van der Waals surface area (Å²) in [7, 11) is 0. The van der Waals surface area contributed by atoms with Crippen LogP contribution < -0.4 is 14.9 Å². The molecule has 5 nitrogen and oxygen atoms in total. The lowest BCUT2D eigenvalue weighted by atomic mass is 10.2. The lowest BCUT2D eigenvalue weighted by Crippen LogP contribution is -2.15. The van der Waals surface area contributed by atoms with Crippen molar-refractivity contribution in [3.8, 4) is 11.5 Å². The molecular weight excluding hydrogens is 347 g/mol. The van der Waals surface area contributed by atoms with E-state index in [-0.39, 0.29) is 10.8 Å². The summed E-state index contributed by atoms with van der Waals surface area (Å²) in [5, 5.41) is 3.74. The molecule has 0 bridgehead atoms. The number of pyridine rings is 1. The largest absolute Gasteiger partial charge is 0.486 e. The van der Waals surface area contributed by atoms with E-state index in [0.29, 0.717) is 30.9 Å². The molecule has 1 aromatic heterocycles. The average Bonchev–Trinajstić information content (AvgIpc) is 2.55. The molecule has 1 aliphatic heterocycles. The number of hydrazone groups is 1. The van der Waals surface area contributed by atoms with Gasteiger partial charge in [0.2, 0.25) is 0 Å². The number of rotatable bonds is 3. The molecule has 0 fully saturated rings. The predicted molar refractivity (Wildman–Crippen MR) is 82.9 cm³/mol. The highest BCUT2D eigenvalue weighted by Crippen LogP contribution is 2.32. The van der Waals surface area contributed by atoms with E-state index in [4.69, 9.17) is 21.1 Å².